The molecule has 3 heterocycles. The SMILES string of the molecule is CCC(C)=C(Nc1ccc(N2CCOCC2)cc1)c1c(/C=C(\C)c2nc(C)cs2)cc[nH]c1=O. The number of H-pyrrole nitrogens is 1. The number of aryl methyl sites for hydroxylation is 1. The number of rotatable bonds is 7. The van der Waals surface area contributed by atoms with Crippen molar-refractivity contribution in [2.75, 3.05) is 36.5 Å². The maximum Gasteiger partial charge on any atom is 0.257 e. The lowest BCUT2D eigenvalue weighted by Crippen LogP contribution is -2.36. The summed E-state index contributed by atoms with van der Waals surface area (Å²) in [6.07, 6.45) is 4.58. The normalized spacial score (nSPS) is 15.3. The van der Waals surface area contributed by atoms with Gasteiger partial charge in [0.1, 0.15) is 5.01 Å². The zero-order chi connectivity index (χ0) is 24.1. The van der Waals surface area contributed by atoms with Crippen molar-refractivity contribution < 1.29 is 4.74 Å². The van der Waals surface area contributed by atoms with Gasteiger partial charge in [-0.25, -0.2) is 4.98 Å². The number of anilines is 2. The van der Waals surface area contributed by atoms with E-state index in [2.05, 4.69) is 64.4 Å². The monoisotopic (exact) mass is 476 g/mol. The molecular weight excluding hydrogens is 444 g/mol. The highest BCUT2D eigenvalue weighted by Crippen LogP contribution is 2.28. The summed E-state index contributed by atoms with van der Waals surface area (Å²) in [5, 5.41) is 6.56. The van der Waals surface area contributed by atoms with E-state index in [9.17, 15) is 4.79 Å². The van der Waals surface area contributed by atoms with Crippen LogP contribution in [0.15, 0.2) is 52.3 Å². The van der Waals surface area contributed by atoms with Crippen molar-refractivity contribution in [2.24, 2.45) is 0 Å². The molecule has 1 fully saturated rings. The molecule has 0 amide bonds. The van der Waals surface area contributed by atoms with Crippen LogP contribution in [-0.2, 0) is 4.74 Å². The molecule has 2 aromatic heterocycles. The van der Waals surface area contributed by atoms with Crippen molar-refractivity contribution in [1.29, 1.82) is 0 Å². The fourth-order valence-corrected chi connectivity index (χ4v) is 4.76. The van der Waals surface area contributed by atoms with Gasteiger partial charge in [-0.2, -0.15) is 0 Å². The molecule has 34 heavy (non-hydrogen) atoms. The predicted octanol–water partition coefficient (Wildman–Crippen LogP) is 5.79. The smallest absolute Gasteiger partial charge is 0.257 e. The predicted molar refractivity (Wildman–Crippen MR) is 143 cm³/mol. The topological polar surface area (TPSA) is 70.2 Å². The fourth-order valence-electron chi connectivity index (χ4n) is 3.98. The van der Waals surface area contributed by atoms with Crippen molar-refractivity contribution in [2.45, 2.75) is 34.1 Å². The molecule has 0 bridgehead atoms. The number of pyridine rings is 1. The second-order valence-corrected chi connectivity index (χ2v) is 9.40. The largest absolute Gasteiger partial charge is 0.378 e. The van der Waals surface area contributed by atoms with Crippen LogP contribution in [0.25, 0.3) is 17.3 Å². The summed E-state index contributed by atoms with van der Waals surface area (Å²) >= 11 is 1.62. The molecule has 0 spiro atoms. The summed E-state index contributed by atoms with van der Waals surface area (Å²) < 4.78 is 5.46. The Bertz CT molecular complexity index is 1250. The number of aromatic nitrogens is 2. The molecule has 0 unspecified atom stereocenters. The number of morpholine rings is 1. The minimum atomic E-state index is -0.114. The first-order valence-corrected chi connectivity index (χ1v) is 12.6. The Morgan fingerprint density at radius 3 is 2.59 bits per heavy atom. The third kappa shape index (κ3) is 5.48. The number of hydrogen-bond acceptors (Lipinski definition) is 6. The van der Waals surface area contributed by atoms with E-state index in [1.807, 2.05) is 25.3 Å². The summed E-state index contributed by atoms with van der Waals surface area (Å²) in [5.74, 6) is 0. The van der Waals surface area contributed by atoms with Crippen LogP contribution in [0.3, 0.4) is 0 Å². The summed E-state index contributed by atoms with van der Waals surface area (Å²) in [5.41, 5.74) is 7.53. The van der Waals surface area contributed by atoms with E-state index in [1.165, 1.54) is 5.69 Å². The highest BCUT2D eigenvalue weighted by molar-refractivity contribution is 7.10. The summed E-state index contributed by atoms with van der Waals surface area (Å²) in [6, 6.07) is 10.3. The quantitative estimate of drug-likeness (QED) is 0.452. The molecule has 1 aliphatic heterocycles. The van der Waals surface area contributed by atoms with E-state index in [4.69, 9.17) is 4.74 Å². The number of benzene rings is 1. The van der Waals surface area contributed by atoms with Gasteiger partial charge in [-0.05, 0) is 80.3 Å². The van der Waals surface area contributed by atoms with Crippen LogP contribution in [0.5, 0.6) is 0 Å². The zero-order valence-electron chi connectivity index (χ0n) is 20.3. The molecule has 3 aromatic rings. The van der Waals surface area contributed by atoms with E-state index in [0.717, 1.165) is 71.5 Å². The minimum absolute atomic E-state index is 0.114. The zero-order valence-corrected chi connectivity index (χ0v) is 21.1. The Hall–Kier alpha value is -3.16. The van der Waals surface area contributed by atoms with Crippen LogP contribution in [0.4, 0.5) is 11.4 Å². The third-order valence-corrected chi connectivity index (χ3v) is 7.14. The van der Waals surface area contributed by atoms with Crippen molar-refractivity contribution in [3.63, 3.8) is 0 Å². The molecule has 0 aliphatic carbocycles. The second kappa shape index (κ2) is 10.8. The third-order valence-electron chi connectivity index (χ3n) is 6.04. The molecule has 4 rings (SSSR count). The van der Waals surface area contributed by atoms with E-state index < -0.39 is 0 Å². The van der Waals surface area contributed by atoms with Crippen molar-refractivity contribution in [3.8, 4) is 0 Å². The lowest BCUT2D eigenvalue weighted by molar-refractivity contribution is 0.122. The van der Waals surface area contributed by atoms with Gasteiger partial charge in [-0.3, -0.25) is 4.79 Å². The molecule has 7 heteroatoms. The van der Waals surface area contributed by atoms with Gasteiger partial charge < -0.3 is 19.9 Å². The van der Waals surface area contributed by atoms with Crippen molar-refractivity contribution >= 4 is 40.1 Å². The highest BCUT2D eigenvalue weighted by Gasteiger charge is 2.16. The Labute approximate surface area is 205 Å². The van der Waals surface area contributed by atoms with Gasteiger partial charge in [-0.15, -0.1) is 11.3 Å². The number of nitrogens with zero attached hydrogens (tertiary/aromatic N) is 2. The van der Waals surface area contributed by atoms with Gasteiger partial charge in [0.25, 0.3) is 5.56 Å². The van der Waals surface area contributed by atoms with Crippen LogP contribution >= 0.6 is 11.3 Å². The maximum absolute atomic E-state index is 13.1. The van der Waals surface area contributed by atoms with Gasteiger partial charge in [-0.1, -0.05) is 6.92 Å². The van der Waals surface area contributed by atoms with Crippen LogP contribution < -0.4 is 15.8 Å². The number of allylic oxidation sites excluding steroid dienone is 2. The molecule has 1 aliphatic rings. The molecule has 1 saturated heterocycles. The fraction of sp³-hybridized carbons (Fsp3) is 0.333. The minimum Gasteiger partial charge on any atom is -0.378 e. The van der Waals surface area contributed by atoms with Gasteiger partial charge >= 0.3 is 0 Å². The molecule has 0 radical (unpaired) electrons. The van der Waals surface area contributed by atoms with Gasteiger partial charge in [0.15, 0.2) is 0 Å². The standard InChI is InChI=1S/C27H32N4O2S/c1-5-18(2)25(30-22-6-8-23(9-7-22)31-12-14-33-15-13-31)24-21(10-11-28-26(24)32)16-19(3)27-29-20(4)17-34-27/h6-11,16-17,30H,5,12-15H2,1-4H3,(H,28,32)/b19-16+,25-18?. The number of ether oxygens (including phenoxy) is 1. The summed E-state index contributed by atoms with van der Waals surface area (Å²) in [6.45, 7) is 11.5. The van der Waals surface area contributed by atoms with Crippen LogP contribution in [0, 0.1) is 6.92 Å². The van der Waals surface area contributed by atoms with Gasteiger partial charge in [0, 0.05) is 41.7 Å². The molecule has 1 aromatic carbocycles. The lowest BCUT2D eigenvalue weighted by Gasteiger charge is -2.29. The molecule has 6 nitrogen and oxygen atoms in total. The first-order valence-electron chi connectivity index (χ1n) is 11.7. The summed E-state index contributed by atoms with van der Waals surface area (Å²) in [7, 11) is 0. The highest BCUT2D eigenvalue weighted by atomic mass is 32.1. The van der Waals surface area contributed by atoms with E-state index >= 15 is 0 Å². The Kier molecular flexibility index (Phi) is 7.65. The van der Waals surface area contributed by atoms with Crippen LogP contribution in [0.1, 0.15) is 49.0 Å². The van der Waals surface area contributed by atoms with Gasteiger partial charge in [0.05, 0.1) is 24.5 Å². The van der Waals surface area contributed by atoms with E-state index in [1.54, 1.807) is 17.5 Å². The molecule has 0 atom stereocenters. The average molecular weight is 477 g/mol. The van der Waals surface area contributed by atoms with Crippen molar-refractivity contribution in [3.05, 3.63) is 79.7 Å². The van der Waals surface area contributed by atoms with Crippen LogP contribution in [0.2, 0.25) is 0 Å². The lowest BCUT2D eigenvalue weighted by atomic mass is 10.00. The first-order chi connectivity index (χ1) is 16.5. The number of nitrogens with one attached hydrogen (secondary N) is 2. The average Bonchev–Trinajstić information content (AvgIpc) is 3.30. The Balaban J connectivity index is 1.68. The summed E-state index contributed by atoms with van der Waals surface area (Å²) in [4.78, 5) is 22.9. The van der Waals surface area contributed by atoms with Crippen molar-refractivity contribution in [1.82, 2.24) is 9.97 Å². The molecule has 2 N–H and O–H groups in total. The maximum atomic E-state index is 13.1. The Morgan fingerprint density at radius 1 is 1.21 bits per heavy atom. The molecule has 178 valence electrons. The molecular formula is C27H32N4O2S. The van der Waals surface area contributed by atoms with Crippen LogP contribution in [-0.4, -0.2) is 36.3 Å². The number of aromatic amines is 1. The molecule has 0 saturated carbocycles. The van der Waals surface area contributed by atoms with E-state index in [0.29, 0.717) is 5.56 Å². The van der Waals surface area contributed by atoms with Gasteiger partial charge in [0.2, 0.25) is 0 Å². The second-order valence-electron chi connectivity index (χ2n) is 8.54. The Morgan fingerprint density at radius 2 is 1.94 bits per heavy atom. The number of hydrogen-bond donors (Lipinski definition) is 2. The van der Waals surface area contributed by atoms with E-state index in [-0.39, 0.29) is 5.56 Å². The number of thiazole rings is 1. The first kappa shape index (κ1) is 24.0.